The van der Waals surface area contributed by atoms with Gasteiger partial charge in [-0.2, -0.15) is 0 Å². The van der Waals surface area contributed by atoms with Crippen LogP contribution in [0.4, 0.5) is 0 Å². The number of hydrogen-bond acceptors (Lipinski definition) is 6. The van der Waals surface area contributed by atoms with Gasteiger partial charge in [-0.05, 0) is 48.0 Å². The van der Waals surface area contributed by atoms with E-state index in [1.165, 1.54) is 6.08 Å². The predicted octanol–water partition coefficient (Wildman–Crippen LogP) is 3.41. The molecule has 2 heterocycles. The Morgan fingerprint density at radius 1 is 1.14 bits per heavy atom. The zero-order valence-electron chi connectivity index (χ0n) is 15.2. The molecule has 28 heavy (non-hydrogen) atoms. The molecule has 4 rings (SSSR count). The number of hydrogen-bond donors (Lipinski definition) is 1. The van der Waals surface area contributed by atoms with Gasteiger partial charge in [0.15, 0.2) is 17.3 Å². The third-order valence-electron chi connectivity index (χ3n) is 4.20. The van der Waals surface area contributed by atoms with Gasteiger partial charge in [0.2, 0.25) is 12.7 Å². The third-order valence-corrected chi connectivity index (χ3v) is 4.20. The van der Waals surface area contributed by atoms with Crippen LogP contribution in [0.5, 0.6) is 17.2 Å². The minimum absolute atomic E-state index is 0.221. The maximum atomic E-state index is 12.0. The van der Waals surface area contributed by atoms with Crippen molar-refractivity contribution < 1.29 is 23.5 Å². The summed E-state index contributed by atoms with van der Waals surface area (Å²) in [5.74, 6) is 2.55. The van der Waals surface area contributed by atoms with Gasteiger partial charge in [-0.25, -0.2) is 0 Å². The van der Waals surface area contributed by atoms with Crippen LogP contribution in [0.1, 0.15) is 11.3 Å². The molecule has 0 spiro atoms. The average Bonchev–Trinajstić information content (AvgIpc) is 3.39. The van der Waals surface area contributed by atoms with Crippen molar-refractivity contribution >= 4 is 12.0 Å². The zero-order valence-corrected chi connectivity index (χ0v) is 15.2. The Kier molecular flexibility index (Phi) is 4.97. The van der Waals surface area contributed by atoms with Crippen LogP contribution in [0.15, 0.2) is 59.1 Å². The highest BCUT2D eigenvalue weighted by atomic mass is 16.7. The van der Waals surface area contributed by atoms with E-state index in [1.807, 2.05) is 42.5 Å². The van der Waals surface area contributed by atoms with Gasteiger partial charge in [0.25, 0.3) is 0 Å². The Morgan fingerprint density at radius 2 is 1.96 bits per heavy atom. The Morgan fingerprint density at radius 3 is 2.79 bits per heavy atom. The van der Waals surface area contributed by atoms with Crippen molar-refractivity contribution in [3.8, 4) is 28.6 Å². The topological polar surface area (TPSA) is 82.8 Å². The highest BCUT2D eigenvalue weighted by molar-refractivity contribution is 5.91. The summed E-state index contributed by atoms with van der Waals surface area (Å²) in [5.41, 5.74) is 2.37. The molecular formula is C21H18N2O5. The molecule has 1 aliphatic heterocycles. The molecule has 0 radical (unpaired) electrons. The van der Waals surface area contributed by atoms with E-state index < -0.39 is 0 Å². The molecule has 0 saturated heterocycles. The minimum Gasteiger partial charge on any atom is -0.497 e. The summed E-state index contributed by atoms with van der Waals surface area (Å²) >= 11 is 0. The molecule has 0 bridgehead atoms. The Balaban J connectivity index is 1.33. The fourth-order valence-electron chi connectivity index (χ4n) is 2.71. The van der Waals surface area contributed by atoms with E-state index in [2.05, 4.69) is 10.5 Å². The molecule has 7 nitrogen and oxygen atoms in total. The highest BCUT2D eigenvalue weighted by Gasteiger charge is 2.12. The fraction of sp³-hybridized carbons (Fsp3) is 0.143. The van der Waals surface area contributed by atoms with E-state index in [-0.39, 0.29) is 19.2 Å². The maximum Gasteiger partial charge on any atom is 0.244 e. The van der Waals surface area contributed by atoms with E-state index in [4.69, 9.17) is 18.7 Å². The van der Waals surface area contributed by atoms with Crippen molar-refractivity contribution in [2.45, 2.75) is 6.54 Å². The number of fused-ring (bicyclic) bond motifs is 1. The van der Waals surface area contributed by atoms with Gasteiger partial charge in [0.1, 0.15) is 11.4 Å². The van der Waals surface area contributed by atoms with Crippen molar-refractivity contribution in [2.75, 3.05) is 13.9 Å². The van der Waals surface area contributed by atoms with Crippen LogP contribution in [0, 0.1) is 0 Å². The second kappa shape index (κ2) is 7.87. The summed E-state index contributed by atoms with van der Waals surface area (Å²) in [4.78, 5) is 12.0. The molecule has 1 amide bonds. The summed E-state index contributed by atoms with van der Waals surface area (Å²) in [6, 6.07) is 14.8. The Labute approximate surface area is 161 Å². The second-order valence-electron chi connectivity index (χ2n) is 6.07. The van der Waals surface area contributed by atoms with Crippen LogP contribution >= 0.6 is 0 Å². The zero-order chi connectivity index (χ0) is 19.3. The second-order valence-corrected chi connectivity index (χ2v) is 6.07. The van der Waals surface area contributed by atoms with Gasteiger partial charge in [-0.1, -0.05) is 11.2 Å². The monoisotopic (exact) mass is 378 g/mol. The van der Waals surface area contributed by atoms with Crippen molar-refractivity contribution in [3.63, 3.8) is 0 Å². The molecule has 0 fully saturated rings. The van der Waals surface area contributed by atoms with Gasteiger partial charge < -0.3 is 24.1 Å². The summed E-state index contributed by atoms with van der Waals surface area (Å²) in [6.07, 6.45) is 3.17. The number of carbonyl (C=O) groups excluding carboxylic acids is 1. The van der Waals surface area contributed by atoms with Crippen LogP contribution in [-0.2, 0) is 11.3 Å². The standard InChI is InChI=1S/C21H18N2O5/c1-25-17-6-4-15(5-7-17)19-11-16(23-28-19)12-22-21(24)9-3-14-2-8-18-20(10-14)27-13-26-18/h2-11H,12-13H2,1H3,(H,22,24)/b9-3-. The minimum atomic E-state index is -0.230. The molecule has 3 aromatic rings. The molecule has 0 unspecified atom stereocenters. The largest absolute Gasteiger partial charge is 0.497 e. The number of nitrogens with one attached hydrogen (secondary N) is 1. The van der Waals surface area contributed by atoms with Crippen molar-refractivity contribution in [1.29, 1.82) is 0 Å². The summed E-state index contributed by atoms with van der Waals surface area (Å²) in [7, 11) is 1.62. The lowest BCUT2D eigenvalue weighted by atomic mass is 10.1. The average molecular weight is 378 g/mol. The Hall–Kier alpha value is -3.74. The molecular weight excluding hydrogens is 360 g/mol. The first kappa shape index (κ1) is 17.7. The normalized spacial score (nSPS) is 12.3. The SMILES string of the molecule is COc1ccc(-c2cc(CNC(=O)/C=C\c3ccc4c(c3)OCO4)no2)cc1. The number of rotatable bonds is 6. The summed E-state index contributed by atoms with van der Waals surface area (Å²) in [6.45, 7) is 0.489. The molecule has 142 valence electrons. The van der Waals surface area contributed by atoms with Gasteiger partial charge in [0.05, 0.1) is 13.7 Å². The van der Waals surface area contributed by atoms with Crippen LogP contribution < -0.4 is 19.5 Å². The van der Waals surface area contributed by atoms with Crippen molar-refractivity contribution in [2.24, 2.45) is 0 Å². The van der Waals surface area contributed by atoms with Crippen LogP contribution in [0.25, 0.3) is 17.4 Å². The van der Waals surface area contributed by atoms with Gasteiger partial charge in [-0.15, -0.1) is 0 Å². The fourth-order valence-corrected chi connectivity index (χ4v) is 2.71. The van der Waals surface area contributed by atoms with Crippen LogP contribution in [0.2, 0.25) is 0 Å². The number of nitrogens with zero attached hydrogens (tertiary/aromatic N) is 1. The lowest BCUT2D eigenvalue weighted by Gasteiger charge is -2.00. The van der Waals surface area contributed by atoms with E-state index in [9.17, 15) is 4.79 Å². The van der Waals surface area contributed by atoms with Gasteiger partial charge in [0, 0.05) is 17.7 Å². The van der Waals surface area contributed by atoms with Crippen molar-refractivity contribution in [3.05, 3.63) is 65.9 Å². The van der Waals surface area contributed by atoms with E-state index >= 15 is 0 Å². The lowest BCUT2D eigenvalue weighted by Crippen LogP contribution is -2.20. The third kappa shape index (κ3) is 3.98. The summed E-state index contributed by atoms with van der Waals surface area (Å²) in [5, 5.41) is 6.77. The van der Waals surface area contributed by atoms with E-state index in [0.717, 1.165) is 16.9 Å². The summed E-state index contributed by atoms with van der Waals surface area (Å²) < 4.78 is 21.1. The number of amides is 1. The molecule has 0 saturated carbocycles. The van der Waals surface area contributed by atoms with Crippen LogP contribution in [0.3, 0.4) is 0 Å². The molecule has 1 aromatic heterocycles. The van der Waals surface area contributed by atoms with E-state index in [1.54, 1.807) is 19.3 Å². The predicted molar refractivity (Wildman–Crippen MR) is 102 cm³/mol. The molecule has 1 aliphatic rings. The van der Waals surface area contributed by atoms with E-state index in [0.29, 0.717) is 23.0 Å². The first-order valence-electron chi connectivity index (χ1n) is 8.67. The molecule has 7 heteroatoms. The number of methoxy groups -OCH3 is 1. The highest BCUT2D eigenvalue weighted by Crippen LogP contribution is 2.32. The van der Waals surface area contributed by atoms with Gasteiger partial charge >= 0.3 is 0 Å². The van der Waals surface area contributed by atoms with Crippen LogP contribution in [-0.4, -0.2) is 25.0 Å². The number of aromatic nitrogens is 1. The Bertz CT molecular complexity index is 1010. The lowest BCUT2D eigenvalue weighted by molar-refractivity contribution is -0.116. The first-order chi connectivity index (χ1) is 13.7. The number of benzene rings is 2. The van der Waals surface area contributed by atoms with Gasteiger partial charge in [-0.3, -0.25) is 4.79 Å². The molecule has 0 atom stereocenters. The number of carbonyl (C=O) groups is 1. The smallest absolute Gasteiger partial charge is 0.244 e. The maximum absolute atomic E-state index is 12.0. The quantitative estimate of drug-likeness (QED) is 0.662. The molecule has 0 aliphatic carbocycles. The molecule has 1 N–H and O–H groups in total. The van der Waals surface area contributed by atoms with Crippen molar-refractivity contribution in [1.82, 2.24) is 10.5 Å². The first-order valence-corrected chi connectivity index (χ1v) is 8.67. The molecule has 2 aromatic carbocycles. The number of ether oxygens (including phenoxy) is 3.